The molecule has 0 spiro atoms. The minimum atomic E-state index is -4.28. The number of alkyl halides is 3. The molecule has 2 heterocycles. The largest absolute Gasteiger partial charge is 0.397 e. The van der Waals surface area contributed by atoms with Gasteiger partial charge in [0.05, 0.1) is 11.9 Å². The Morgan fingerprint density at radius 2 is 2.15 bits per heavy atom. The van der Waals surface area contributed by atoms with Crippen LogP contribution >= 0.6 is 23.4 Å². The van der Waals surface area contributed by atoms with Crippen molar-refractivity contribution in [2.24, 2.45) is 0 Å². The molecule has 0 saturated heterocycles. The highest BCUT2D eigenvalue weighted by Gasteiger charge is 2.27. The minimum absolute atomic E-state index is 0.00894. The van der Waals surface area contributed by atoms with Crippen molar-refractivity contribution in [3.63, 3.8) is 0 Å². The van der Waals surface area contributed by atoms with Crippen LogP contribution in [-0.4, -0.2) is 45.1 Å². The molecule has 0 aliphatic carbocycles. The maximum Gasteiger partial charge on any atom is 0.397 e. The average Bonchev–Trinajstić information content (AvgIpc) is 2.92. The summed E-state index contributed by atoms with van der Waals surface area (Å²) in [5.41, 5.74) is 0.397. The predicted octanol–water partition coefficient (Wildman–Crippen LogP) is 3.23. The molecule has 1 N–H and O–H groups in total. The van der Waals surface area contributed by atoms with Crippen LogP contribution in [0.4, 0.5) is 23.2 Å². The number of anilines is 1. The number of amides is 1. The van der Waals surface area contributed by atoms with E-state index < -0.39 is 23.7 Å². The van der Waals surface area contributed by atoms with Gasteiger partial charge in [0.25, 0.3) is 6.20 Å². The van der Waals surface area contributed by atoms with E-state index >= 15 is 0 Å². The van der Waals surface area contributed by atoms with Crippen LogP contribution in [0.3, 0.4) is 0 Å². The molecule has 148 valence electrons. The Hall–Kier alpha value is -2.01. The standard InChI is InChI=1S/C15H16ClF4N4O2S/c1-2-23(13(25)3-4-27-9-15(18,19)20)12-8-24(21-14(12)16)11-5-10(17)6-22(26)7-11/h5-8,26H,2-4,9H2,1H3/q+1. The summed E-state index contributed by atoms with van der Waals surface area (Å²) in [4.78, 5) is 13.6. The Kier molecular flexibility index (Phi) is 6.93. The smallest absolute Gasteiger partial charge is 0.308 e. The second-order valence-corrected chi connectivity index (χ2v) is 6.86. The maximum atomic E-state index is 13.4. The van der Waals surface area contributed by atoms with Gasteiger partial charge in [0.15, 0.2) is 11.0 Å². The van der Waals surface area contributed by atoms with Gasteiger partial charge in [-0.1, -0.05) is 11.6 Å². The van der Waals surface area contributed by atoms with E-state index in [1.807, 2.05) is 0 Å². The van der Waals surface area contributed by atoms with E-state index in [9.17, 15) is 27.6 Å². The molecule has 0 aromatic carbocycles. The third kappa shape index (κ3) is 5.99. The summed E-state index contributed by atoms with van der Waals surface area (Å²) < 4.78 is 51.6. The van der Waals surface area contributed by atoms with E-state index in [4.69, 9.17) is 11.6 Å². The van der Waals surface area contributed by atoms with Crippen molar-refractivity contribution in [3.8, 4) is 5.69 Å². The van der Waals surface area contributed by atoms with Gasteiger partial charge in [0.1, 0.15) is 11.4 Å². The van der Waals surface area contributed by atoms with E-state index in [1.54, 1.807) is 6.92 Å². The van der Waals surface area contributed by atoms with Crippen LogP contribution in [0.15, 0.2) is 24.7 Å². The van der Waals surface area contributed by atoms with Gasteiger partial charge in [-0.25, -0.2) is 9.07 Å². The summed E-state index contributed by atoms with van der Waals surface area (Å²) in [5.74, 6) is -2.14. The summed E-state index contributed by atoms with van der Waals surface area (Å²) in [6, 6.07) is 1.10. The zero-order valence-corrected chi connectivity index (χ0v) is 15.7. The first kappa shape index (κ1) is 21.3. The lowest BCUT2D eigenvalue weighted by Gasteiger charge is -2.19. The van der Waals surface area contributed by atoms with Crippen LogP contribution < -0.4 is 9.63 Å². The monoisotopic (exact) mass is 427 g/mol. The number of carbonyl (C=O) groups is 1. The Morgan fingerprint density at radius 3 is 2.74 bits per heavy atom. The second kappa shape index (κ2) is 8.79. The summed E-state index contributed by atoms with van der Waals surface area (Å²) in [6.07, 6.45) is -0.983. The quantitative estimate of drug-likeness (QED) is 0.319. The third-order valence-electron chi connectivity index (χ3n) is 3.36. The number of carbonyl (C=O) groups excluding carboxylic acids is 1. The van der Waals surface area contributed by atoms with Crippen molar-refractivity contribution in [2.45, 2.75) is 19.5 Å². The number of rotatable bonds is 7. The molecule has 0 radical (unpaired) electrons. The van der Waals surface area contributed by atoms with Crippen LogP contribution in [0, 0.1) is 5.82 Å². The normalized spacial score (nSPS) is 11.6. The van der Waals surface area contributed by atoms with E-state index in [-0.39, 0.29) is 35.2 Å². The lowest BCUT2D eigenvalue weighted by atomic mass is 10.3. The molecule has 0 aliphatic rings. The molecule has 0 saturated carbocycles. The van der Waals surface area contributed by atoms with Crippen molar-refractivity contribution in [3.05, 3.63) is 35.6 Å². The van der Waals surface area contributed by atoms with Crippen molar-refractivity contribution >= 4 is 35.0 Å². The number of halogens is 5. The van der Waals surface area contributed by atoms with Crippen molar-refractivity contribution < 1.29 is 32.3 Å². The number of pyridine rings is 1. The second-order valence-electron chi connectivity index (χ2n) is 5.40. The van der Waals surface area contributed by atoms with Gasteiger partial charge >= 0.3 is 6.18 Å². The molecule has 0 bridgehead atoms. The minimum Gasteiger partial charge on any atom is -0.308 e. The fourth-order valence-electron chi connectivity index (χ4n) is 2.26. The fourth-order valence-corrected chi connectivity index (χ4v) is 3.19. The highest BCUT2D eigenvalue weighted by atomic mass is 35.5. The van der Waals surface area contributed by atoms with E-state index in [0.717, 1.165) is 12.3 Å². The van der Waals surface area contributed by atoms with Gasteiger partial charge in [-0.3, -0.25) is 10.0 Å². The maximum absolute atomic E-state index is 13.4. The number of aromatic nitrogens is 3. The summed E-state index contributed by atoms with van der Waals surface area (Å²) in [7, 11) is 0. The predicted molar refractivity (Wildman–Crippen MR) is 91.9 cm³/mol. The molecule has 0 atom stereocenters. The number of hydrogen-bond acceptors (Lipinski definition) is 4. The molecule has 12 heteroatoms. The Morgan fingerprint density at radius 1 is 1.44 bits per heavy atom. The first-order chi connectivity index (χ1) is 12.6. The van der Waals surface area contributed by atoms with Crippen molar-refractivity contribution in [1.29, 1.82) is 0 Å². The molecule has 2 aromatic heterocycles. The van der Waals surface area contributed by atoms with Gasteiger partial charge in [0.2, 0.25) is 12.1 Å². The Labute approximate surface area is 161 Å². The van der Waals surface area contributed by atoms with Crippen molar-refractivity contribution in [1.82, 2.24) is 9.78 Å². The van der Waals surface area contributed by atoms with Gasteiger partial charge in [-0.2, -0.15) is 30.0 Å². The lowest BCUT2D eigenvalue weighted by Crippen LogP contribution is -2.31. The first-order valence-electron chi connectivity index (χ1n) is 7.72. The van der Waals surface area contributed by atoms with Crippen LogP contribution in [0.2, 0.25) is 5.15 Å². The van der Waals surface area contributed by atoms with Crippen LogP contribution in [0.1, 0.15) is 13.3 Å². The van der Waals surface area contributed by atoms with Gasteiger partial charge < -0.3 is 4.90 Å². The van der Waals surface area contributed by atoms with Gasteiger partial charge in [-0.05, 0) is 6.92 Å². The van der Waals surface area contributed by atoms with E-state index in [2.05, 4.69) is 5.10 Å². The van der Waals surface area contributed by atoms with Crippen LogP contribution in [-0.2, 0) is 4.79 Å². The molecule has 0 aliphatic heterocycles. The zero-order chi connectivity index (χ0) is 20.2. The number of thioether (sulfide) groups is 1. The molecule has 2 aromatic rings. The topological polar surface area (TPSA) is 62.2 Å². The number of nitrogens with zero attached hydrogens (tertiary/aromatic N) is 4. The first-order valence-corrected chi connectivity index (χ1v) is 9.25. The molecular weight excluding hydrogens is 412 g/mol. The van der Waals surface area contributed by atoms with Crippen LogP contribution in [0.25, 0.3) is 5.69 Å². The van der Waals surface area contributed by atoms with Gasteiger partial charge in [0, 0.05) is 29.5 Å². The van der Waals surface area contributed by atoms with Crippen molar-refractivity contribution in [2.75, 3.05) is 23.0 Å². The molecular formula is C15H16ClF4N4O2S+. The molecule has 27 heavy (non-hydrogen) atoms. The Bertz CT molecular complexity index is 795. The highest BCUT2D eigenvalue weighted by Crippen LogP contribution is 2.27. The zero-order valence-electron chi connectivity index (χ0n) is 14.1. The molecule has 2 rings (SSSR count). The average molecular weight is 428 g/mol. The SMILES string of the molecule is CCN(C(=O)CCSCC(F)(F)F)c1cn(-c2cc(F)c[n+](O)c2)nc1Cl. The molecule has 6 nitrogen and oxygen atoms in total. The Balaban J connectivity index is 2.13. The summed E-state index contributed by atoms with van der Waals surface area (Å²) >= 11 is 6.69. The van der Waals surface area contributed by atoms with E-state index in [1.165, 1.54) is 22.0 Å². The molecule has 0 unspecified atom stereocenters. The molecule has 0 fully saturated rings. The van der Waals surface area contributed by atoms with Crippen LogP contribution in [0.5, 0.6) is 0 Å². The van der Waals surface area contributed by atoms with E-state index in [0.29, 0.717) is 16.5 Å². The molecule has 1 amide bonds. The summed E-state index contributed by atoms with van der Waals surface area (Å²) in [6.45, 7) is 1.90. The fraction of sp³-hybridized carbons (Fsp3) is 0.400. The number of hydrogen-bond donors (Lipinski definition) is 1. The van der Waals surface area contributed by atoms with Gasteiger partial charge in [-0.15, -0.1) is 0 Å². The lowest BCUT2D eigenvalue weighted by molar-refractivity contribution is -0.905. The highest BCUT2D eigenvalue weighted by molar-refractivity contribution is 7.99. The summed E-state index contributed by atoms with van der Waals surface area (Å²) in [5, 5.41) is 13.4. The third-order valence-corrected chi connectivity index (χ3v) is 4.65.